The van der Waals surface area contributed by atoms with Gasteiger partial charge in [-0.15, -0.1) is 0 Å². The molecular weight excluding hydrogens is 1150 g/mol. The van der Waals surface area contributed by atoms with Crippen LogP contribution in [0.4, 0.5) is 10.5 Å². The van der Waals surface area contributed by atoms with Crippen molar-refractivity contribution in [3.8, 4) is 0 Å². The van der Waals surface area contributed by atoms with Gasteiger partial charge in [-0.05, 0) is 94.6 Å². The van der Waals surface area contributed by atoms with Crippen molar-refractivity contribution in [1.82, 2.24) is 51.5 Å². The van der Waals surface area contributed by atoms with Gasteiger partial charge < -0.3 is 72.9 Å². The van der Waals surface area contributed by atoms with Crippen molar-refractivity contribution >= 4 is 70.8 Å². The fourth-order valence-electron chi connectivity index (χ4n) is 11.9. The molecule has 2 aliphatic rings. The van der Waals surface area contributed by atoms with E-state index in [4.69, 9.17) is 20.9 Å². The molecule has 0 spiro atoms. The monoisotopic (exact) mass is 1250 g/mol. The number of nitrogens with one attached hydrogen (secondary N) is 7. The molecule has 26 heteroatoms. The Labute approximate surface area is 524 Å². The van der Waals surface area contributed by atoms with Crippen LogP contribution in [-0.2, 0) is 70.4 Å². The van der Waals surface area contributed by atoms with Gasteiger partial charge in [-0.3, -0.25) is 52.8 Å². The minimum absolute atomic E-state index is 0.0146. The van der Waals surface area contributed by atoms with E-state index in [1.54, 1.807) is 52.9 Å². The first-order chi connectivity index (χ1) is 42.2. The summed E-state index contributed by atoms with van der Waals surface area (Å²) in [7, 11) is 8.29. The summed E-state index contributed by atoms with van der Waals surface area (Å²) in [6, 6.07) is 11.2. The van der Waals surface area contributed by atoms with E-state index in [-0.39, 0.29) is 106 Å². The fourth-order valence-corrected chi connectivity index (χ4v) is 11.9. The van der Waals surface area contributed by atoms with Gasteiger partial charge in [0, 0.05) is 84.4 Å². The third kappa shape index (κ3) is 23.0. The molecule has 494 valence electrons. The van der Waals surface area contributed by atoms with Gasteiger partial charge in [0.2, 0.25) is 59.1 Å². The van der Waals surface area contributed by atoms with Crippen LogP contribution >= 0.6 is 0 Å². The Morgan fingerprint density at radius 2 is 1.38 bits per heavy atom. The van der Waals surface area contributed by atoms with Crippen molar-refractivity contribution in [1.29, 1.82) is 0 Å². The molecule has 11 unspecified atom stereocenters. The highest BCUT2D eigenvalue weighted by Crippen LogP contribution is 2.30. The van der Waals surface area contributed by atoms with Crippen molar-refractivity contribution in [2.45, 2.75) is 167 Å². The largest absolute Gasteiger partial charge is 0.379 e. The smallest absolute Gasteiger partial charge is 0.312 e. The summed E-state index contributed by atoms with van der Waals surface area (Å²) < 4.78 is 12.0. The average molecular weight is 1250 g/mol. The summed E-state index contributed by atoms with van der Waals surface area (Å²) in [4.78, 5) is 152. The lowest BCUT2D eigenvalue weighted by Gasteiger charge is -2.39. The predicted octanol–water partition coefficient (Wildman–Crippen LogP) is 1.53. The number of benzene rings is 2. The molecule has 89 heavy (non-hydrogen) atoms. The first-order valence-electron chi connectivity index (χ1n) is 31.0. The van der Waals surface area contributed by atoms with Gasteiger partial charge in [0.25, 0.3) is 0 Å². The van der Waals surface area contributed by atoms with Gasteiger partial charge in [0.05, 0.1) is 55.8 Å². The Morgan fingerprint density at radius 1 is 0.697 bits per heavy atom. The Bertz CT molecular complexity index is 2690. The molecule has 2 saturated heterocycles. The van der Waals surface area contributed by atoms with Gasteiger partial charge in [0.15, 0.2) is 0 Å². The molecule has 0 radical (unpaired) electrons. The molecule has 2 aromatic rings. The van der Waals surface area contributed by atoms with Crippen molar-refractivity contribution in [3.05, 3.63) is 65.7 Å². The molecule has 2 heterocycles. The molecule has 0 aromatic heterocycles. The zero-order valence-electron chi connectivity index (χ0n) is 53.9. The van der Waals surface area contributed by atoms with Crippen LogP contribution < -0.4 is 48.7 Å². The Hall–Kier alpha value is -7.71. The molecule has 2 fully saturated rings. The second-order valence-corrected chi connectivity index (χ2v) is 24.1. The van der Waals surface area contributed by atoms with E-state index in [2.05, 4.69) is 37.2 Å². The number of nitrogens with zero attached hydrogens (tertiary/aromatic N) is 4. The molecule has 11 atom stereocenters. The lowest BCUT2D eigenvalue weighted by Crippen LogP contribution is -2.55. The summed E-state index contributed by atoms with van der Waals surface area (Å²) >= 11 is 0. The van der Waals surface area contributed by atoms with Gasteiger partial charge in [-0.2, -0.15) is 0 Å². The maximum Gasteiger partial charge on any atom is 0.312 e. The molecular formula is C63H99N13O13. The van der Waals surface area contributed by atoms with Gasteiger partial charge in [0.1, 0.15) is 12.1 Å². The number of carbonyl (C=O) groups excluding carboxylic acids is 11. The van der Waals surface area contributed by atoms with Crippen LogP contribution in [0.3, 0.4) is 0 Å². The van der Waals surface area contributed by atoms with E-state index >= 15 is 0 Å². The molecule has 26 nitrogen and oxygen atoms in total. The topological polar surface area (TPSA) is 355 Å². The zero-order valence-corrected chi connectivity index (χ0v) is 53.9. The Morgan fingerprint density at radius 3 is 1.98 bits per heavy atom. The van der Waals surface area contributed by atoms with Gasteiger partial charge >= 0.3 is 6.03 Å². The van der Waals surface area contributed by atoms with E-state index in [9.17, 15) is 52.7 Å². The van der Waals surface area contributed by atoms with Crippen LogP contribution in [-0.4, -0.2) is 201 Å². The number of hydrogen-bond acceptors (Lipinski definition) is 14. The number of carbonyl (C=O) groups is 11. The lowest BCUT2D eigenvalue weighted by atomic mass is 9.90. The van der Waals surface area contributed by atoms with Crippen LogP contribution in [0.1, 0.15) is 117 Å². The maximum atomic E-state index is 14.4. The summed E-state index contributed by atoms with van der Waals surface area (Å²) in [6.45, 7) is 11.6. The number of urea groups is 1. The standard InChI is InChI=1S/C63H99N13O13/c1-12-39(4)56(74(9)54(81)37-69-62(86)55(38(2)3)73(7)8)49(88-10)34-53(80)76-30-17-21-48(76)57(89-11)41(6)59(83)72-47(33-42-18-14-13-15-19-42)60(84)68-35-43-22-24-45(25-23-43)70-61(85)46(20-16-29-66-63(65)87)71-51(78)36-67-50(77)26-27-52(79)75-31-28-44(58(64)82)32-40(75)5/h13-15,18-19,22-25,38-41,44,46-49,55-57H,12,16-17,20-21,26-37H2,1-11H3,(H2,64,82)(H,67,77)(H,68,84)(H,69,86)(H,70,85)(H,71,78)(H,72,83)(H3,65,66,87). The van der Waals surface area contributed by atoms with Crippen LogP contribution in [0.5, 0.6) is 0 Å². The minimum atomic E-state index is -1.11. The van der Waals surface area contributed by atoms with Crippen LogP contribution in [0.2, 0.25) is 0 Å². The van der Waals surface area contributed by atoms with E-state index in [1.807, 2.05) is 83.9 Å². The van der Waals surface area contributed by atoms with E-state index in [1.165, 1.54) is 14.2 Å². The highest BCUT2D eigenvalue weighted by atomic mass is 16.5. The number of amides is 12. The van der Waals surface area contributed by atoms with Crippen LogP contribution in [0.25, 0.3) is 0 Å². The molecule has 0 saturated carbocycles. The number of primary amides is 2. The number of anilines is 1. The molecule has 2 aliphatic heterocycles. The molecule has 2 aromatic carbocycles. The van der Waals surface area contributed by atoms with Crippen molar-refractivity contribution in [2.24, 2.45) is 35.1 Å². The van der Waals surface area contributed by atoms with E-state index in [0.29, 0.717) is 56.4 Å². The maximum absolute atomic E-state index is 14.4. The summed E-state index contributed by atoms with van der Waals surface area (Å²) in [5.74, 6) is -5.44. The quantitative estimate of drug-likeness (QED) is 0.0443. The average Bonchev–Trinajstić information content (AvgIpc) is 2.11. The number of ether oxygens (including phenoxy) is 2. The molecule has 11 N–H and O–H groups in total. The third-order valence-corrected chi connectivity index (χ3v) is 17.0. The fraction of sp³-hybridized carbons (Fsp3) is 0.635. The number of hydrogen-bond donors (Lipinski definition) is 9. The normalized spacial score (nSPS) is 18.4. The summed E-state index contributed by atoms with van der Waals surface area (Å²) in [6.07, 6.45) is 1.44. The SMILES string of the molecule is CCC(C)C(C(CC(=O)N1CCCC1C(OC)C(C)C(=O)NC(Cc1ccccc1)C(=O)NCc1ccc(NC(=O)C(CCCNC(N)=O)NC(=O)CNC(=O)CCC(=O)N2CCC(C(N)=O)CC2C)cc1)OC)N(C)C(=O)CNC(=O)C(C(C)C)N(C)C. The number of likely N-dealkylation sites (tertiary alicyclic amines) is 2. The third-order valence-electron chi connectivity index (χ3n) is 17.0. The van der Waals surface area contributed by atoms with Gasteiger partial charge in [-0.25, -0.2) is 4.79 Å². The second-order valence-electron chi connectivity index (χ2n) is 24.1. The number of nitrogens with two attached hydrogens (primary N) is 2. The predicted molar refractivity (Wildman–Crippen MR) is 335 cm³/mol. The summed E-state index contributed by atoms with van der Waals surface area (Å²) in [5.41, 5.74) is 12.5. The van der Waals surface area contributed by atoms with Crippen molar-refractivity contribution in [2.75, 3.05) is 73.4 Å². The second kappa shape index (κ2) is 36.7. The minimum Gasteiger partial charge on any atom is -0.379 e. The first-order valence-corrected chi connectivity index (χ1v) is 31.0. The number of likely N-dealkylation sites (N-methyl/N-ethyl adjacent to an activating group) is 2. The van der Waals surface area contributed by atoms with Gasteiger partial charge in [-0.1, -0.05) is 83.5 Å². The molecule has 0 bridgehead atoms. The first kappa shape index (κ1) is 73.8. The number of methoxy groups -OCH3 is 2. The molecule has 4 rings (SSSR count). The van der Waals surface area contributed by atoms with Crippen LogP contribution in [0, 0.1) is 23.7 Å². The number of piperidine rings is 1. The summed E-state index contributed by atoms with van der Waals surface area (Å²) in [5, 5.41) is 19.0. The lowest BCUT2D eigenvalue weighted by molar-refractivity contribution is -0.146. The van der Waals surface area contributed by atoms with Crippen molar-refractivity contribution < 1.29 is 62.2 Å². The Kier molecular flexibility index (Phi) is 30.4. The van der Waals surface area contributed by atoms with Crippen LogP contribution in [0.15, 0.2) is 54.6 Å². The number of rotatable bonds is 35. The highest BCUT2D eigenvalue weighted by molar-refractivity contribution is 5.98. The van der Waals surface area contributed by atoms with Crippen molar-refractivity contribution in [3.63, 3.8) is 0 Å². The molecule has 0 aliphatic carbocycles. The highest BCUT2D eigenvalue weighted by Gasteiger charge is 2.43. The Balaban J connectivity index is 1.37. The van der Waals surface area contributed by atoms with E-state index < -0.39 is 96.4 Å². The van der Waals surface area contributed by atoms with E-state index in [0.717, 1.165) is 5.56 Å². The molecule has 12 amide bonds. The zero-order chi connectivity index (χ0) is 66.1.